The molecular formula is C11H12FNO2. The van der Waals surface area contributed by atoms with E-state index in [0.717, 1.165) is 5.56 Å². The number of hydrogen-bond acceptors (Lipinski definition) is 2. The van der Waals surface area contributed by atoms with Crippen LogP contribution in [0.3, 0.4) is 0 Å². The fourth-order valence-corrected chi connectivity index (χ4v) is 1.83. The summed E-state index contributed by atoms with van der Waals surface area (Å²) < 4.78 is 12.6. The molecule has 1 aliphatic rings. The predicted octanol–water partition coefficient (Wildman–Crippen LogP) is 1.55. The topological polar surface area (TPSA) is 63.3 Å². The molecule has 15 heavy (non-hydrogen) atoms. The average Bonchev–Trinajstić information content (AvgIpc) is 2.97. The molecule has 0 aromatic heterocycles. The first-order valence-electron chi connectivity index (χ1n) is 4.83. The molecule has 0 saturated heterocycles. The van der Waals surface area contributed by atoms with Crippen LogP contribution in [0.2, 0.25) is 0 Å². The lowest BCUT2D eigenvalue weighted by Gasteiger charge is -2.10. The number of carboxylic acid groups (broad SMARTS) is 1. The molecule has 4 heteroatoms. The van der Waals surface area contributed by atoms with Gasteiger partial charge in [-0.15, -0.1) is 0 Å². The normalized spacial score (nSPS) is 26.0. The lowest BCUT2D eigenvalue weighted by molar-refractivity contribution is -0.138. The minimum Gasteiger partial charge on any atom is -0.481 e. The molecule has 0 heterocycles. The molecule has 1 fully saturated rings. The largest absolute Gasteiger partial charge is 0.481 e. The zero-order chi connectivity index (χ0) is 11.0. The third-order valence-electron chi connectivity index (χ3n) is 2.87. The highest BCUT2D eigenvalue weighted by Crippen LogP contribution is 2.46. The smallest absolute Gasteiger partial charge is 0.306 e. The first-order chi connectivity index (χ1) is 7.09. The number of nitrogens with two attached hydrogens (primary N) is 1. The first-order valence-corrected chi connectivity index (χ1v) is 4.83. The van der Waals surface area contributed by atoms with Gasteiger partial charge in [-0.3, -0.25) is 4.79 Å². The van der Waals surface area contributed by atoms with Crippen LogP contribution in [-0.4, -0.2) is 11.1 Å². The van der Waals surface area contributed by atoms with Crippen molar-refractivity contribution in [3.05, 3.63) is 35.6 Å². The molecule has 80 valence electrons. The van der Waals surface area contributed by atoms with Crippen molar-refractivity contribution in [1.29, 1.82) is 0 Å². The Bertz CT molecular complexity index is 377. The SMILES string of the molecule is NC(c1ccc(F)cc1)C1CC1C(=O)O. The van der Waals surface area contributed by atoms with E-state index < -0.39 is 5.97 Å². The Balaban J connectivity index is 2.06. The van der Waals surface area contributed by atoms with Crippen molar-refractivity contribution in [2.24, 2.45) is 17.6 Å². The molecule has 0 bridgehead atoms. The Hall–Kier alpha value is -1.42. The monoisotopic (exact) mass is 209 g/mol. The molecule has 3 nitrogen and oxygen atoms in total. The van der Waals surface area contributed by atoms with Gasteiger partial charge in [0.25, 0.3) is 0 Å². The molecule has 1 aliphatic carbocycles. The van der Waals surface area contributed by atoms with E-state index in [1.165, 1.54) is 12.1 Å². The number of carbonyl (C=O) groups is 1. The van der Waals surface area contributed by atoms with Crippen LogP contribution >= 0.6 is 0 Å². The molecule has 0 radical (unpaired) electrons. The van der Waals surface area contributed by atoms with Crippen molar-refractivity contribution in [2.75, 3.05) is 0 Å². The van der Waals surface area contributed by atoms with Crippen LogP contribution < -0.4 is 5.73 Å². The summed E-state index contributed by atoms with van der Waals surface area (Å²) >= 11 is 0. The minimum atomic E-state index is -0.794. The summed E-state index contributed by atoms with van der Waals surface area (Å²) in [4.78, 5) is 10.6. The van der Waals surface area contributed by atoms with E-state index >= 15 is 0 Å². The summed E-state index contributed by atoms with van der Waals surface area (Å²) in [6.45, 7) is 0. The van der Waals surface area contributed by atoms with Gasteiger partial charge in [-0.05, 0) is 30.0 Å². The fraction of sp³-hybridized carbons (Fsp3) is 0.364. The second-order valence-corrected chi connectivity index (χ2v) is 3.92. The van der Waals surface area contributed by atoms with E-state index in [2.05, 4.69) is 0 Å². The number of aliphatic carboxylic acids is 1. The highest BCUT2D eigenvalue weighted by atomic mass is 19.1. The van der Waals surface area contributed by atoms with Gasteiger partial charge in [-0.25, -0.2) is 4.39 Å². The number of benzene rings is 1. The standard InChI is InChI=1S/C11H12FNO2/c12-7-3-1-6(2-4-7)10(13)8-5-9(8)11(14)15/h1-4,8-10H,5,13H2,(H,14,15). The van der Waals surface area contributed by atoms with Gasteiger partial charge in [0.05, 0.1) is 5.92 Å². The van der Waals surface area contributed by atoms with Gasteiger partial charge in [0, 0.05) is 6.04 Å². The molecule has 0 amide bonds. The van der Waals surface area contributed by atoms with Crippen LogP contribution in [0.1, 0.15) is 18.0 Å². The van der Waals surface area contributed by atoms with Gasteiger partial charge in [0.2, 0.25) is 0 Å². The second-order valence-electron chi connectivity index (χ2n) is 3.92. The van der Waals surface area contributed by atoms with Crippen LogP contribution in [-0.2, 0) is 4.79 Å². The maximum Gasteiger partial charge on any atom is 0.306 e. The zero-order valence-corrected chi connectivity index (χ0v) is 8.06. The van der Waals surface area contributed by atoms with Crippen LogP contribution in [0.15, 0.2) is 24.3 Å². The van der Waals surface area contributed by atoms with Crippen molar-refractivity contribution >= 4 is 5.97 Å². The van der Waals surface area contributed by atoms with Gasteiger partial charge < -0.3 is 10.8 Å². The molecule has 0 spiro atoms. The summed E-state index contributed by atoms with van der Waals surface area (Å²) in [6.07, 6.45) is 0.619. The summed E-state index contributed by atoms with van der Waals surface area (Å²) in [7, 11) is 0. The molecule has 1 aromatic rings. The second kappa shape index (κ2) is 3.62. The maximum absolute atomic E-state index is 12.6. The lowest BCUT2D eigenvalue weighted by atomic mass is 10.0. The van der Waals surface area contributed by atoms with Gasteiger partial charge >= 0.3 is 5.97 Å². The van der Waals surface area contributed by atoms with E-state index in [1.54, 1.807) is 12.1 Å². The summed E-state index contributed by atoms with van der Waals surface area (Å²) in [5.41, 5.74) is 6.69. The quantitative estimate of drug-likeness (QED) is 0.793. The maximum atomic E-state index is 12.6. The highest BCUT2D eigenvalue weighted by molar-refractivity contribution is 5.73. The summed E-state index contributed by atoms with van der Waals surface area (Å²) in [6, 6.07) is 5.60. The van der Waals surface area contributed by atoms with Gasteiger partial charge in [0.15, 0.2) is 0 Å². The Morgan fingerprint density at radius 1 is 1.47 bits per heavy atom. The van der Waals surface area contributed by atoms with Gasteiger partial charge in [-0.1, -0.05) is 12.1 Å². The molecule has 3 atom stereocenters. The number of rotatable bonds is 3. The highest BCUT2D eigenvalue weighted by Gasteiger charge is 2.47. The van der Waals surface area contributed by atoms with Crippen molar-refractivity contribution in [3.63, 3.8) is 0 Å². The number of carboxylic acids is 1. The third kappa shape index (κ3) is 1.99. The molecule has 3 N–H and O–H groups in total. The van der Waals surface area contributed by atoms with Crippen LogP contribution in [0.4, 0.5) is 4.39 Å². The Labute approximate surface area is 86.7 Å². The Kier molecular flexibility index (Phi) is 2.44. The molecule has 1 aromatic carbocycles. The van der Waals surface area contributed by atoms with Crippen molar-refractivity contribution < 1.29 is 14.3 Å². The average molecular weight is 209 g/mol. The van der Waals surface area contributed by atoms with Crippen molar-refractivity contribution in [2.45, 2.75) is 12.5 Å². The van der Waals surface area contributed by atoms with Gasteiger partial charge in [0.1, 0.15) is 5.82 Å². The van der Waals surface area contributed by atoms with E-state index in [0.29, 0.717) is 6.42 Å². The Morgan fingerprint density at radius 2 is 2.07 bits per heavy atom. The van der Waals surface area contributed by atoms with Crippen LogP contribution in [0.5, 0.6) is 0 Å². The molecule has 1 saturated carbocycles. The lowest BCUT2D eigenvalue weighted by Crippen LogP contribution is -2.15. The van der Waals surface area contributed by atoms with Crippen molar-refractivity contribution in [1.82, 2.24) is 0 Å². The van der Waals surface area contributed by atoms with E-state index in [1.807, 2.05) is 0 Å². The fourth-order valence-electron chi connectivity index (χ4n) is 1.83. The van der Waals surface area contributed by atoms with E-state index in [-0.39, 0.29) is 23.7 Å². The van der Waals surface area contributed by atoms with Crippen molar-refractivity contribution in [3.8, 4) is 0 Å². The van der Waals surface area contributed by atoms with Gasteiger partial charge in [-0.2, -0.15) is 0 Å². The first kappa shape index (κ1) is 10.1. The third-order valence-corrected chi connectivity index (χ3v) is 2.87. The number of halogens is 1. The summed E-state index contributed by atoms with van der Waals surface area (Å²) in [5, 5.41) is 8.75. The molecular weight excluding hydrogens is 197 g/mol. The van der Waals surface area contributed by atoms with Crippen LogP contribution in [0.25, 0.3) is 0 Å². The van der Waals surface area contributed by atoms with Crippen LogP contribution in [0, 0.1) is 17.7 Å². The number of hydrogen-bond donors (Lipinski definition) is 2. The predicted molar refractivity (Wildman–Crippen MR) is 52.6 cm³/mol. The zero-order valence-electron chi connectivity index (χ0n) is 8.06. The summed E-state index contributed by atoms with van der Waals surface area (Å²) in [5.74, 6) is -1.44. The van der Waals surface area contributed by atoms with E-state index in [9.17, 15) is 9.18 Å². The Morgan fingerprint density at radius 3 is 2.53 bits per heavy atom. The minimum absolute atomic E-state index is 0.00652. The molecule has 0 aliphatic heterocycles. The molecule has 2 rings (SSSR count). The molecule has 3 unspecified atom stereocenters. The van der Waals surface area contributed by atoms with E-state index in [4.69, 9.17) is 10.8 Å².